The lowest BCUT2D eigenvalue weighted by Crippen LogP contribution is -2.38. The summed E-state index contributed by atoms with van der Waals surface area (Å²) in [4.78, 5) is 0. The summed E-state index contributed by atoms with van der Waals surface area (Å²) >= 11 is 5.28. The second-order valence-corrected chi connectivity index (χ2v) is 6.18. The van der Waals surface area contributed by atoms with Gasteiger partial charge < -0.3 is 14.5 Å². The first-order valence-corrected chi connectivity index (χ1v) is 8.72. The fourth-order valence-electron chi connectivity index (χ4n) is 2.45. The van der Waals surface area contributed by atoms with Gasteiger partial charge in [0.15, 0.2) is 22.2 Å². The van der Waals surface area contributed by atoms with Crippen molar-refractivity contribution in [3.05, 3.63) is 66.4 Å². The summed E-state index contributed by atoms with van der Waals surface area (Å²) in [7, 11) is 0. The smallest absolute Gasteiger partial charge is 0.189 e. The van der Waals surface area contributed by atoms with E-state index in [1.807, 2.05) is 62.4 Å². The molecule has 0 amide bonds. The van der Waals surface area contributed by atoms with Crippen molar-refractivity contribution in [1.82, 2.24) is 10.9 Å². The minimum Gasteiger partial charge on any atom is -0.490 e. The number of para-hydroxylation sites is 1. The molecule has 3 aromatic rings. The summed E-state index contributed by atoms with van der Waals surface area (Å²) in [6.07, 6.45) is 0. The van der Waals surface area contributed by atoms with Crippen LogP contribution in [0.1, 0.15) is 18.2 Å². The molecule has 0 saturated heterocycles. The van der Waals surface area contributed by atoms with Gasteiger partial charge in [0.1, 0.15) is 0 Å². The van der Waals surface area contributed by atoms with E-state index in [9.17, 15) is 0 Å². The van der Waals surface area contributed by atoms with E-state index in [1.54, 1.807) is 0 Å². The standard InChI is InChI=1S/C20H21N3O2S/c1-4-24-17-7-5-6-15-12-18(25-19(15)17)14(3)22-23-20(26)21-16-10-8-13(2)9-11-16/h5-12,22H,3-4H2,1-2H3,(H2,21,23,26). The molecule has 3 rings (SSSR count). The van der Waals surface area contributed by atoms with E-state index in [0.29, 0.717) is 34.5 Å². The number of hydrazine groups is 1. The van der Waals surface area contributed by atoms with E-state index in [4.69, 9.17) is 21.4 Å². The van der Waals surface area contributed by atoms with Crippen molar-refractivity contribution >= 4 is 39.7 Å². The molecule has 1 heterocycles. The van der Waals surface area contributed by atoms with Crippen molar-refractivity contribution in [2.24, 2.45) is 0 Å². The number of furan rings is 1. The van der Waals surface area contributed by atoms with Gasteiger partial charge in [-0.05, 0) is 50.3 Å². The summed E-state index contributed by atoms with van der Waals surface area (Å²) in [6, 6.07) is 15.7. The Hall–Kier alpha value is -2.99. The Labute approximate surface area is 158 Å². The van der Waals surface area contributed by atoms with Gasteiger partial charge in [-0.15, -0.1) is 0 Å². The van der Waals surface area contributed by atoms with E-state index in [0.717, 1.165) is 11.1 Å². The van der Waals surface area contributed by atoms with Crippen LogP contribution >= 0.6 is 12.2 Å². The highest BCUT2D eigenvalue weighted by atomic mass is 32.1. The molecular formula is C20H21N3O2S. The Morgan fingerprint density at radius 3 is 2.65 bits per heavy atom. The van der Waals surface area contributed by atoms with Crippen molar-refractivity contribution in [3.63, 3.8) is 0 Å². The molecule has 0 spiro atoms. The van der Waals surface area contributed by atoms with Crippen LogP contribution in [0.25, 0.3) is 16.7 Å². The van der Waals surface area contributed by atoms with Gasteiger partial charge in [0.2, 0.25) is 0 Å². The largest absolute Gasteiger partial charge is 0.490 e. The number of rotatable bonds is 6. The van der Waals surface area contributed by atoms with E-state index in [2.05, 4.69) is 22.7 Å². The predicted octanol–water partition coefficient (Wildman–Crippen LogP) is 4.60. The van der Waals surface area contributed by atoms with Crippen LogP contribution in [0.2, 0.25) is 0 Å². The van der Waals surface area contributed by atoms with Gasteiger partial charge in [-0.1, -0.05) is 36.4 Å². The monoisotopic (exact) mass is 367 g/mol. The summed E-state index contributed by atoms with van der Waals surface area (Å²) < 4.78 is 11.5. The molecule has 26 heavy (non-hydrogen) atoms. The topological polar surface area (TPSA) is 58.5 Å². The van der Waals surface area contributed by atoms with Crippen molar-refractivity contribution in [1.29, 1.82) is 0 Å². The SMILES string of the molecule is C=C(NNC(=S)Nc1ccc(C)cc1)c1cc2cccc(OCC)c2o1. The molecule has 0 unspecified atom stereocenters. The van der Waals surface area contributed by atoms with Gasteiger partial charge in [-0.2, -0.15) is 0 Å². The maximum absolute atomic E-state index is 5.89. The lowest BCUT2D eigenvalue weighted by Gasteiger charge is -2.13. The van der Waals surface area contributed by atoms with Gasteiger partial charge in [0.25, 0.3) is 0 Å². The van der Waals surface area contributed by atoms with Crippen LogP contribution in [-0.2, 0) is 0 Å². The van der Waals surface area contributed by atoms with Gasteiger partial charge in [0.05, 0.1) is 12.3 Å². The third kappa shape index (κ3) is 4.15. The van der Waals surface area contributed by atoms with Gasteiger partial charge in [-0.3, -0.25) is 10.9 Å². The minimum absolute atomic E-state index is 0.432. The molecule has 0 radical (unpaired) electrons. The molecule has 2 aromatic carbocycles. The zero-order valence-electron chi connectivity index (χ0n) is 14.8. The molecule has 0 saturated carbocycles. The summed E-state index contributed by atoms with van der Waals surface area (Å²) in [6.45, 7) is 8.55. The first-order valence-electron chi connectivity index (χ1n) is 8.31. The van der Waals surface area contributed by atoms with Gasteiger partial charge >= 0.3 is 0 Å². The molecule has 1 aromatic heterocycles. The molecular weight excluding hydrogens is 346 g/mol. The first kappa shape index (κ1) is 17.8. The Kier molecular flexibility index (Phi) is 5.43. The van der Waals surface area contributed by atoms with Gasteiger partial charge in [-0.25, -0.2) is 0 Å². The number of thiocarbonyl (C=S) groups is 1. The number of hydrogen-bond donors (Lipinski definition) is 3. The molecule has 0 aliphatic carbocycles. The van der Waals surface area contributed by atoms with Gasteiger partial charge in [0, 0.05) is 11.1 Å². The normalized spacial score (nSPS) is 10.4. The van der Waals surface area contributed by atoms with Crippen molar-refractivity contribution < 1.29 is 9.15 Å². The zero-order valence-corrected chi connectivity index (χ0v) is 15.6. The minimum atomic E-state index is 0.432. The number of aryl methyl sites for hydroxylation is 1. The van der Waals surface area contributed by atoms with Crippen molar-refractivity contribution in [3.8, 4) is 5.75 Å². The second-order valence-electron chi connectivity index (χ2n) is 5.77. The number of fused-ring (bicyclic) bond motifs is 1. The number of anilines is 1. The van der Waals surface area contributed by atoms with Crippen LogP contribution in [0.5, 0.6) is 5.75 Å². The Balaban J connectivity index is 1.62. The number of hydrogen-bond acceptors (Lipinski definition) is 4. The highest BCUT2D eigenvalue weighted by Gasteiger charge is 2.11. The molecule has 0 bridgehead atoms. The maximum Gasteiger partial charge on any atom is 0.189 e. The average Bonchev–Trinajstić information content (AvgIpc) is 3.07. The molecule has 0 fully saturated rings. The lowest BCUT2D eigenvalue weighted by atomic mass is 10.2. The Morgan fingerprint density at radius 1 is 1.15 bits per heavy atom. The van der Waals surface area contributed by atoms with Crippen molar-refractivity contribution in [2.75, 3.05) is 11.9 Å². The molecule has 6 heteroatoms. The average molecular weight is 367 g/mol. The van der Waals surface area contributed by atoms with Crippen LogP contribution in [0, 0.1) is 6.92 Å². The Bertz CT molecular complexity index is 932. The lowest BCUT2D eigenvalue weighted by molar-refractivity contribution is 0.338. The molecule has 0 aliphatic rings. The molecule has 5 nitrogen and oxygen atoms in total. The molecule has 0 atom stereocenters. The van der Waals surface area contributed by atoms with Crippen LogP contribution in [0.15, 0.2) is 59.5 Å². The number of nitrogens with one attached hydrogen (secondary N) is 3. The quantitative estimate of drug-likeness (QED) is 0.437. The maximum atomic E-state index is 5.89. The zero-order chi connectivity index (χ0) is 18.5. The third-order valence-corrected chi connectivity index (χ3v) is 3.95. The molecule has 3 N–H and O–H groups in total. The van der Waals surface area contributed by atoms with Crippen LogP contribution < -0.4 is 20.9 Å². The van der Waals surface area contributed by atoms with Crippen LogP contribution in [-0.4, -0.2) is 11.7 Å². The number of ether oxygens (including phenoxy) is 1. The van der Waals surface area contributed by atoms with E-state index in [-0.39, 0.29) is 0 Å². The summed E-state index contributed by atoms with van der Waals surface area (Å²) in [5.74, 6) is 1.33. The number of benzene rings is 2. The fraction of sp³-hybridized carbons (Fsp3) is 0.150. The Morgan fingerprint density at radius 2 is 1.92 bits per heavy atom. The highest BCUT2D eigenvalue weighted by molar-refractivity contribution is 7.80. The van der Waals surface area contributed by atoms with Crippen molar-refractivity contribution in [2.45, 2.75) is 13.8 Å². The van der Waals surface area contributed by atoms with E-state index < -0.39 is 0 Å². The highest BCUT2D eigenvalue weighted by Crippen LogP contribution is 2.30. The summed E-state index contributed by atoms with van der Waals surface area (Å²) in [5, 5.41) is 4.48. The molecule has 0 aliphatic heterocycles. The van der Waals surface area contributed by atoms with E-state index in [1.165, 1.54) is 5.56 Å². The predicted molar refractivity (Wildman–Crippen MR) is 110 cm³/mol. The first-order chi connectivity index (χ1) is 12.6. The van der Waals surface area contributed by atoms with Crippen LogP contribution in [0.4, 0.5) is 5.69 Å². The summed E-state index contributed by atoms with van der Waals surface area (Å²) in [5.41, 5.74) is 9.24. The third-order valence-electron chi connectivity index (χ3n) is 3.74. The molecule has 134 valence electrons. The second kappa shape index (κ2) is 7.93. The fourth-order valence-corrected chi connectivity index (χ4v) is 2.62. The van der Waals surface area contributed by atoms with E-state index >= 15 is 0 Å². The van der Waals surface area contributed by atoms with Crippen LogP contribution in [0.3, 0.4) is 0 Å².